The smallest absolute Gasteiger partial charge is 0.115 e. The molecule has 2 N–H and O–H groups in total. The molecular formula is C16H16FN. The Morgan fingerprint density at radius 2 is 1.78 bits per heavy atom. The van der Waals surface area contributed by atoms with Crippen LogP contribution in [0.15, 0.2) is 48.5 Å². The van der Waals surface area contributed by atoms with Gasteiger partial charge in [0, 0.05) is 12.0 Å². The van der Waals surface area contributed by atoms with Gasteiger partial charge in [-0.25, -0.2) is 4.39 Å². The van der Waals surface area contributed by atoms with E-state index in [2.05, 4.69) is 24.3 Å². The molecule has 2 heteroatoms. The zero-order valence-corrected chi connectivity index (χ0v) is 10.1. The molecule has 0 radical (unpaired) electrons. The Kier molecular flexibility index (Phi) is 2.88. The van der Waals surface area contributed by atoms with Crippen molar-refractivity contribution in [2.45, 2.75) is 25.1 Å². The Morgan fingerprint density at radius 1 is 1.06 bits per heavy atom. The predicted octanol–water partition coefficient (Wildman–Crippen LogP) is 3.64. The van der Waals surface area contributed by atoms with Gasteiger partial charge in [0.2, 0.25) is 0 Å². The molecule has 0 aliphatic heterocycles. The first-order valence-electron chi connectivity index (χ1n) is 6.29. The largest absolute Gasteiger partial charge is 0.327 e. The predicted molar refractivity (Wildman–Crippen MR) is 72.0 cm³/mol. The second-order valence-corrected chi connectivity index (χ2v) is 4.96. The van der Waals surface area contributed by atoms with E-state index in [0.717, 1.165) is 23.1 Å². The maximum absolute atomic E-state index is 12.6. The molecule has 1 saturated carbocycles. The summed E-state index contributed by atoms with van der Waals surface area (Å²) in [5, 5.41) is 0. The Morgan fingerprint density at radius 3 is 2.39 bits per heavy atom. The third kappa shape index (κ3) is 2.16. The van der Waals surface area contributed by atoms with E-state index in [-0.39, 0.29) is 0 Å². The topological polar surface area (TPSA) is 26.0 Å². The molecule has 1 fully saturated rings. The summed E-state index contributed by atoms with van der Waals surface area (Å²) in [6.45, 7) is -0.414. The van der Waals surface area contributed by atoms with Crippen LogP contribution in [0.4, 0.5) is 4.39 Å². The molecule has 18 heavy (non-hydrogen) atoms. The summed E-state index contributed by atoms with van der Waals surface area (Å²) in [5.41, 5.74) is 10.1. The quantitative estimate of drug-likeness (QED) is 0.872. The minimum absolute atomic E-state index is 0.339. The van der Waals surface area contributed by atoms with Crippen molar-refractivity contribution in [3.63, 3.8) is 0 Å². The fourth-order valence-electron chi connectivity index (χ4n) is 2.35. The highest BCUT2D eigenvalue weighted by Gasteiger charge is 2.34. The van der Waals surface area contributed by atoms with Gasteiger partial charge < -0.3 is 5.73 Å². The van der Waals surface area contributed by atoms with Crippen LogP contribution in [-0.4, -0.2) is 6.04 Å². The molecule has 0 spiro atoms. The number of nitrogens with two attached hydrogens (primary N) is 1. The molecule has 2 aromatic carbocycles. The first-order valence-corrected chi connectivity index (χ1v) is 6.29. The monoisotopic (exact) mass is 241 g/mol. The summed E-state index contributed by atoms with van der Waals surface area (Å²) in [6, 6.07) is 16.4. The Balaban J connectivity index is 1.87. The molecule has 2 aromatic rings. The minimum atomic E-state index is -0.414. The van der Waals surface area contributed by atoms with Gasteiger partial charge in [-0.15, -0.1) is 0 Å². The van der Waals surface area contributed by atoms with E-state index in [9.17, 15) is 4.39 Å². The summed E-state index contributed by atoms with van der Waals surface area (Å²) in [7, 11) is 0. The van der Waals surface area contributed by atoms with Crippen LogP contribution in [0, 0.1) is 0 Å². The lowest BCUT2D eigenvalue weighted by Crippen LogP contribution is -2.00. The lowest BCUT2D eigenvalue weighted by molar-refractivity contribution is 0.485. The Labute approximate surface area is 106 Å². The van der Waals surface area contributed by atoms with Crippen LogP contribution in [0.3, 0.4) is 0 Å². The molecule has 2 atom stereocenters. The number of hydrogen-bond acceptors (Lipinski definition) is 1. The van der Waals surface area contributed by atoms with E-state index in [0.29, 0.717) is 12.0 Å². The molecular weight excluding hydrogens is 225 g/mol. The number of hydrogen-bond donors (Lipinski definition) is 1. The molecule has 0 saturated heterocycles. The van der Waals surface area contributed by atoms with Gasteiger partial charge in [-0.05, 0) is 34.7 Å². The minimum Gasteiger partial charge on any atom is -0.327 e. The van der Waals surface area contributed by atoms with Gasteiger partial charge in [0.15, 0.2) is 0 Å². The fourth-order valence-corrected chi connectivity index (χ4v) is 2.35. The average Bonchev–Trinajstić information content (AvgIpc) is 3.16. The van der Waals surface area contributed by atoms with Crippen molar-refractivity contribution in [2.24, 2.45) is 5.73 Å². The second kappa shape index (κ2) is 4.54. The lowest BCUT2D eigenvalue weighted by atomic mass is 10.0. The summed E-state index contributed by atoms with van der Waals surface area (Å²) in [5.74, 6) is 0.538. The number of rotatable bonds is 3. The van der Waals surface area contributed by atoms with Gasteiger partial charge in [-0.3, -0.25) is 0 Å². The molecule has 1 aliphatic carbocycles. The second-order valence-electron chi connectivity index (χ2n) is 4.96. The van der Waals surface area contributed by atoms with Crippen molar-refractivity contribution >= 4 is 0 Å². The molecule has 3 rings (SSSR count). The molecule has 92 valence electrons. The van der Waals surface area contributed by atoms with Crippen LogP contribution in [0.25, 0.3) is 11.1 Å². The van der Waals surface area contributed by atoms with Crippen molar-refractivity contribution in [1.82, 2.24) is 0 Å². The van der Waals surface area contributed by atoms with Crippen molar-refractivity contribution in [3.8, 4) is 11.1 Å². The molecule has 1 aliphatic rings. The summed E-state index contributed by atoms with van der Waals surface area (Å²) < 4.78 is 12.6. The molecule has 0 amide bonds. The van der Waals surface area contributed by atoms with E-state index in [1.165, 1.54) is 5.56 Å². The van der Waals surface area contributed by atoms with Gasteiger partial charge in [-0.1, -0.05) is 42.5 Å². The van der Waals surface area contributed by atoms with Crippen molar-refractivity contribution in [2.75, 3.05) is 0 Å². The first kappa shape index (κ1) is 11.4. The molecule has 0 aromatic heterocycles. The zero-order chi connectivity index (χ0) is 12.5. The van der Waals surface area contributed by atoms with Crippen LogP contribution in [0.1, 0.15) is 23.5 Å². The molecule has 1 nitrogen and oxygen atoms in total. The lowest BCUT2D eigenvalue weighted by Gasteiger charge is -2.05. The molecule has 0 heterocycles. The van der Waals surface area contributed by atoms with Gasteiger partial charge in [0.25, 0.3) is 0 Å². The van der Waals surface area contributed by atoms with E-state index >= 15 is 0 Å². The third-order valence-corrected chi connectivity index (χ3v) is 3.59. The van der Waals surface area contributed by atoms with Crippen LogP contribution in [-0.2, 0) is 6.67 Å². The van der Waals surface area contributed by atoms with Crippen LogP contribution in [0.5, 0.6) is 0 Å². The highest BCUT2D eigenvalue weighted by molar-refractivity contribution is 5.64. The van der Waals surface area contributed by atoms with Crippen molar-refractivity contribution in [3.05, 3.63) is 59.7 Å². The van der Waals surface area contributed by atoms with Crippen molar-refractivity contribution in [1.29, 1.82) is 0 Å². The zero-order valence-electron chi connectivity index (χ0n) is 10.1. The van der Waals surface area contributed by atoms with E-state index < -0.39 is 6.67 Å². The molecule has 2 unspecified atom stereocenters. The third-order valence-electron chi connectivity index (χ3n) is 3.59. The highest BCUT2D eigenvalue weighted by Crippen LogP contribution is 2.39. The van der Waals surface area contributed by atoms with Crippen LogP contribution < -0.4 is 5.73 Å². The van der Waals surface area contributed by atoms with Gasteiger partial charge in [0.05, 0.1) is 0 Å². The average molecular weight is 241 g/mol. The van der Waals surface area contributed by atoms with E-state index in [1.807, 2.05) is 18.2 Å². The van der Waals surface area contributed by atoms with E-state index in [1.54, 1.807) is 6.07 Å². The fraction of sp³-hybridized carbons (Fsp3) is 0.250. The standard InChI is InChI=1S/C16H16FN/c17-10-11-2-1-3-14(8-11)12-4-6-13(7-5-12)15-9-16(15)18/h1-8,15-16H,9-10,18H2. The Hall–Kier alpha value is -1.67. The maximum atomic E-state index is 12.6. The SMILES string of the molecule is NC1CC1c1ccc(-c2cccc(CF)c2)cc1. The normalized spacial score (nSPS) is 21.9. The summed E-state index contributed by atoms with van der Waals surface area (Å²) in [4.78, 5) is 0. The van der Waals surface area contributed by atoms with Crippen molar-refractivity contribution < 1.29 is 4.39 Å². The Bertz CT molecular complexity index is 547. The van der Waals surface area contributed by atoms with Crippen LogP contribution in [0.2, 0.25) is 0 Å². The first-order chi connectivity index (χ1) is 8.78. The number of alkyl halides is 1. The van der Waals surface area contributed by atoms with Gasteiger partial charge in [0.1, 0.15) is 6.67 Å². The van der Waals surface area contributed by atoms with Crippen LogP contribution >= 0.6 is 0 Å². The molecule has 0 bridgehead atoms. The number of benzene rings is 2. The summed E-state index contributed by atoms with van der Waals surface area (Å²) in [6.07, 6.45) is 1.09. The van der Waals surface area contributed by atoms with Gasteiger partial charge in [-0.2, -0.15) is 0 Å². The summed E-state index contributed by atoms with van der Waals surface area (Å²) >= 11 is 0. The number of halogens is 1. The van der Waals surface area contributed by atoms with Gasteiger partial charge >= 0.3 is 0 Å². The maximum Gasteiger partial charge on any atom is 0.115 e. The highest BCUT2D eigenvalue weighted by atomic mass is 19.1. The van der Waals surface area contributed by atoms with E-state index in [4.69, 9.17) is 5.73 Å².